The van der Waals surface area contributed by atoms with Crippen LogP contribution >= 0.6 is 0 Å². The van der Waals surface area contributed by atoms with E-state index in [0.717, 1.165) is 12.3 Å². The molecule has 0 radical (unpaired) electrons. The molecule has 16 heavy (non-hydrogen) atoms. The predicted molar refractivity (Wildman–Crippen MR) is 69.2 cm³/mol. The van der Waals surface area contributed by atoms with E-state index in [1.165, 1.54) is 5.56 Å². The highest BCUT2D eigenvalue weighted by Gasteiger charge is 2.14. The van der Waals surface area contributed by atoms with Gasteiger partial charge in [-0.25, -0.2) is 0 Å². The molecule has 0 amide bonds. The summed E-state index contributed by atoms with van der Waals surface area (Å²) in [6.07, 6.45) is 0. The largest absolute Gasteiger partial charge is 0.496 e. The van der Waals surface area contributed by atoms with Gasteiger partial charge in [0.05, 0.1) is 7.11 Å². The summed E-state index contributed by atoms with van der Waals surface area (Å²) in [5.41, 5.74) is 1.43. The van der Waals surface area contributed by atoms with Crippen LogP contribution in [0.15, 0.2) is 24.3 Å². The lowest BCUT2D eigenvalue weighted by Gasteiger charge is -2.24. The summed E-state index contributed by atoms with van der Waals surface area (Å²) in [7, 11) is 1.72. The lowest BCUT2D eigenvalue weighted by atomic mass is 9.98. The first-order valence-electron chi connectivity index (χ1n) is 5.82. The molecule has 0 aromatic heterocycles. The Morgan fingerprint density at radius 2 is 1.88 bits per heavy atom. The van der Waals surface area contributed by atoms with Crippen LogP contribution in [0.1, 0.15) is 39.2 Å². The highest BCUT2D eigenvalue weighted by Crippen LogP contribution is 2.25. The van der Waals surface area contributed by atoms with Gasteiger partial charge in [-0.2, -0.15) is 0 Å². The monoisotopic (exact) mass is 221 g/mol. The molecule has 0 saturated heterocycles. The Kier molecular flexibility index (Phi) is 4.36. The van der Waals surface area contributed by atoms with Crippen molar-refractivity contribution in [2.24, 2.45) is 0 Å². The van der Waals surface area contributed by atoms with Crippen LogP contribution in [-0.4, -0.2) is 19.2 Å². The minimum atomic E-state index is 0.163. The summed E-state index contributed by atoms with van der Waals surface area (Å²) < 4.78 is 5.37. The van der Waals surface area contributed by atoms with Crippen LogP contribution in [0, 0.1) is 0 Å². The van der Waals surface area contributed by atoms with Crippen molar-refractivity contribution < 1.29 is 4.74 Å². The molecule has 0 bridgehead atoms. The second kappa shape index (κ2) is 5.35. The highest BCUT2D eigenvalue weighted by molar-refractivity contribution is 5.36. The zero-order chi connectivity index (χ0) is 12.2. The third-order valence-electron chi connectivity index (χ3n) is 2.61. The van der Waals surface area contributed by atoms with E-state index in [4.69, 9.17) is 4.74 Å². The molecule has 0 fully saturated rings. The van der Waals surface area contributed by atoms with Crippen LogP contribution < -0.4 is 10.1 Å². The minimum absolute atomic E-state index is 0.163. The van der Waals surface area contributed by atoms with Gasteiger partial charge in [0.1, 0.15) is 5.75 Å². The van der Waals surface area contributed by atoms with Crippen molar-refractivity contribution in [3.05, 3.63) is 29.8 Å². The van der Waals surface area contributed by atoms with E-state index in [-0.39, 0.29) is 5.54 Å². The SMILES string of the molecule is COc1ccccc1C(C)CNC(C)(C)C. The smallest absolute Gasteiger partial charge is 0.122 e. The van der Waals surface area contributed by atoms with Crippen LogP contribution in [0.4, 0.5) is 0 Å². The molecule has 0 spiro atoms. The Bertz CT molecular complexity index is 328. The predicted octanol–water partition coefficient (Wildman–Crippen LogP) is 3.19. The molecule has 90 valence electrons. The Morgan fingerprint density at radius 1 is 1.25 bits per heavy atom. The van der Waals surface area contributed by atoms with Crippen LogP contribution in [0.3, 0.4) is 0 Å². The summed E-state index contributed by atoms with van der Waals surface area (Å²) >= 11 is 0. The average molecular weight is 221 g/mol. The van der Waals surface area contributed by atoms with Gasteiger partial charge in [0.15, 0.2) is 0 Å². The molecule has 1 atom stereocenters. The van der Waals surface area contributed by atoms with Gasteiger partial charge in [0.25, 0.3) is 0 Å². The van der Waals surface area contributed by atoms with E-state index in [2.05, 4.69) is 45.1 Å². The van der Waals surface area contributed by atoms with Crippen molar-refractivity contribution in [2.45, 2.75) is 39.2 Å². The molecule has 0 heterocycles. The number of methoxy groups -OCH3 is 1. The number of nitrogens with one attached hydrogen (secondary N) is 1. The van der Waals surface area contributed by atoms with Crippen molar-refractivity contribution in [3.63, 3.8) is 0 Å². The topological polar surface area (TPSA) is 21.3 Å². The molecule has 2 heteroatoms. The van der Waals surface area contributed by atoms with Gasteiger partial charge >= 0.3 is 0 Å². The normalized spacial score (nSPS) is 13.6. The van der Waals surface area contributed by atoms with E-state index in [1.807, 2.05) is 12.1 Å². The number of hydrogen-bond donors (Lipinski definition) is 1. The molecule has 0 saturated carbocycles. The first-order valence-corrected chi connectivity index (χ1v) is 5.82. The van der Waals surface area contributed by atoms with E-state index in [1.54, 1.807) is 7.11 Å². The van der Waals surface area contributed by atoms with Crippen LogP contribution in [0.2, 0.25) is 0 Å². The van der Waals surface area contributed by atoms with Gasteiger partial charge in [-0.15, -0.1) is 0 Å². The maximum atomic E-state index is 5.37. The van der Waals surface area contributed by atoms with Crippen LogP contribution in [-0.2, 0) is 0 Å². The molecular weight excluding hydrogens is 198 g/mol. The van der Waals surface area contributed by atoms with E-state index in [9.17, 15) is 0 Å². The van der Waals surface area contributed by atoms with Gasteiger partial charge in [-0.3, -0.25) is 0 Å². The zero-order valence-electron chi connectivity index (χ0n) is 11.0. The lowest BCUT2D eigenvalue weighted by molar-refractivity contribution is 0.390. The van der Waals surface area contributed by atoms with Crippen molar-refractivity contribution in [3.8, 4) is 5.75 Å². The summed E-state index contributed by atoms with van der Waals surface area (Å²) in [5.74, 6) is 1.43. The molecule has 0 aliphatic rings. The Morgan fingerprint density at radius 3 is 2.44 bits per heavy atom. The average Bonchev–Trinajstić information content (AvgIpc) is 2.25. The third-order valence-corrected chi connectivity index (χ3v) is 2.61. The maximum absolute atomic E-state index is 5.37. The number of benzene rings is 1. The molecule has 0 aliphatic carbocycles. The van der Waals surface area contributed by atoms with Crippen molar-refractivity contribution >= 4 is 0 Å². The van der Waals surface area contributed by atoms with Gasteiger partial charge < -0.3 is 10.1 Å². The van der Waals surface area contributed by atoms with Gasteiger partial charge in [-0.1, -0.05) is 25.1 Å². The van der Waals surface area contributed by atoms with Crippen molar-refractivity contribution in [1.29, 1.82) is 0 Å². The Balaban J connectivity index is 2.69. The number of para-hydroxylation sites is 1. The highest BCUT2D eigenvalue weighted by atomic mass is 16.5. The summed E-state index contributed by atoms with van der Waals surface area (Å²) in [4.78, 5) is 0. The van der Waals surface area contributed by atoms with E-state index < -0.39 is 0 Å². The molecule has 1 rings (SSSR count). The minimum Gasteiger partial charge on any atom is -0.496 e. The van der Waals surface area contributed by atoms with E-state index in [0.29, 0.717) is 5.92 Å². The first-order chi connectivity index (χ1) is 7.44. The second-order valence-corrected chi connectivity index (χ2v) is 5.27. The number of ether oxygens (including phenoxy) is 1. The molecular formula is C14H23NO. The summed E-state index contributed by atoms with van der Waals surface area (Å²) in [6, 6.07) is 8.22. The number of rotatable bonds is 4. The molecule has 0 aliphatic heterocycles. The van der Waals surface area contributed by atoms with Gasteiger partial charge in [0.2, 0.25) is 0 Å². The quantitative estimate of drug-likeness (QED) is 0.843. The van der Waals surface area contributed by atoms with Crippen LogP contribution in [0.5, 0.6) is 5.75 Å². The van der Waals surface area contributed by atoms with Crippen molar-refractivity contribution in [2.75, 3.05) is 13.7 Å². The fourth-order valence-corrected chi connectivity index (χ4v) is 1.64. The fourth-order valence-electron chi connectivity index (χ4n) is 1.64. The summed E-state index contributed by atoms with van der Waals surface area (Å²) in [6.45, 7) is 9.73. The van der Waals surface area contributed by atoms with Gasteiger partial charge in [0, 0.05) is 12.1 Å². The molecule has 1 aromatic rings. The van der Waals surface area contributed by atoms with Gasteiger partial charge in [-0.05, 0) is 38.3 Å². The standard InChI is InChI=1S/C14H23NO/c1-11(10-15-14(2,3)4)12-8-6-7-9-13(12)16-5/h6-9,11,15H,10H2,1-5H3. The Labute approximate surface area is 99.0 Å². The molecule has 1 unspecified atom stereocenters. The van der Waals surface area contributed by atoms with E-state index >= 15 is 0 Å². The first kappa shape index (κ1) is 13.0. The zero-order valence-corrected chi connectivity index (χ0v) is 11.0. The third kappa shape index (κ3) is 3.86. The molecule has 1 N–H and O–H groups in total. The van der Waals surface area contributed by atoms with Crippen LogP contribution in [0.25, 0.3) is 0 Å². The summed E-state index contributed by atoms with van der Waals surface area (Å²) in [5, 5.41) is 3.52. The van der Waals surface area contributed by atoms with Crippen molar-refractivity contribution in [1.82, 2.24) is 5.32 Å². The fraction of sp³-hybridized carbons (Fsp3) is 0.571. The lowest BCUT2D eigenvalue weighted by Crippen LogP contribution is -2.38. The second-order valence-electron chi connectivity index (χ2n) is 5.27. The maximum Gasteiger partial charge on any atom is 0.122 e. The molecule has 2 nitrogen and oxygen atoms in total. The molecule has 1 aromatic carbocycles. The Hall–Kier alpha value is -1.02. The number of hydrogen-bond acceptors (Lipinski definition) is 2.